The van der Waals surface area contributed by atoms with Crippen LogP contribution in [0.15, 0.2) is 34.2 Å². The van der Waals surface area contributed by atoms with Gasteiger partial charge in [-0.05, 0) is 57.7 Å². The van der Waals surface area contributed by atoms with Gasteiger partial charge in [-0.1, -0.05) is 23.9 Å². The lowest BCUT2D eigenvalue weighted by molar-refractivity contribution is 0.318. The lowest BCUT2D eigenvalue weighted by atomic mass is 10.1. The third-order valence-electron chi connectivity index (χ3n) is 5.06. The fourth-order valence-electron chi connectivity index (χ4n) is 3.56. The average Bonchev–Trinajstić information content (AvgIpc) is 2.99. The van der Waals surface area contributed by atoms with E-state index in [0.29, 0.717) is 0 Å². The van der Waals surface area contributed by atoms with Crippen LogP contribution in [0.5, 0.6) is 0 Å². The van der Waals surface area contributed by atoms with Crippen LogP contribution in [-0.2, 0) is 13.0 Å². The highest BCUT2D eigenvalue weighted by Gasteiger charge is 2.24. The van der Waals surface area contributed by atoms with Crippen LogP contribution in [0, 0.1) is 6.92 Å². The Kier molecular flexibility index (Phi) is 5.60. The van der Waals surface area contributed by atoms with Crippen LogP contribution in [0.1, 0.15) is 16.0 Å². The van der Waals surface area contributed by atoms with Crippen LogP contribution >= 0.6 is 23.1 Å². The van der Waals surface area contributed by atoms with Gasteiger partial charge in [0.25, 0.3) is 5.56 Å². The van der Waals surface area contributed by atoms with Crippen molar-refractivity contribution in [2.75, 3.05) is 40.0 Å². The van der Waals surface area contributed by atoms with E-state index < -0.39 is 0 Å². The molecule has 0 bridgehead atoms. The summed E-state index contributed by atoms with van der Waals surface area (Å²) in [4.78, 5) is 25.3. The SMILES string of the molecule is Cc1cccc(-n2c(SCCN(C)C)nc3sc4c(c3c2=O)CCN(C)C4)c1. The number of fused-ring (bicyclic) bond motifs is 3. The first-order chi connectivity index (χ1) is 13.4. The minimum atomic E-state index is 0.0741. The fourth-order valence-corrected chi connectivity index (χ4v) is 6.02. The lowest BCUT2D eigenvalue weighted by Gasteiger charge is -2.21. The van der Waals surface area contributed by atoms with Gasteiger partial charge in [-0.3, -0.25) is 9.36 Å². The second kappa shape index (κ2) is 7.99. The predicted octanol–water partition coefficient (Wildman–Crippen LogP) is 3.40. The molecule has 1 aliphatic rings. The zero-order valence-electron chi connectivity index (χ0n) is 16.9. The Morgan fingerprint density at radius 1 is 1.32 bits per heavy atom. The summed E-state index contributed by atoms with van der Waals surface area (Å²) in [6.45, 7) is 4.89. The number of aromatic nitrogens is 2. The van der Waals surface area contributed by atoms with Crippen molar-refractivity contribution < 1.29 is 0 Å². The number of thiophene rings is 1. The van der Waals surface area contributed by atoms with E-state index in [1.54, 1.807) is 23.1 Å². The molecule has 0 unspecified atom stereocenters. The molecule has 2 aromatic heterocycles. The Morgan fingerprint density at radius 2 is 2.14 bits per heavy atom. The van der Waals surface area contributed by atoms with Gasteiger partial charge in [-0.25, -0.2) is 4.98 Å². The molecule has 3 heterocycles. The van der Waals surface area contributed by atoms with Gasteiger partial charge < -0.3 is 9.80 Å². The van der Waals surface area contributed by atoms with Crippen LogP contribution in [0.4, 0.5) is 0 Å². The van der Waals surface area contributed by atoms with Crippen LogP contribution in [-0.4, -0.2) is 59.3 Å². The molecule has 148 valence electrons. The monoisotopic (exact) mass is 414 g/mol. The summed E-state index contributed by atoms with van der Waals surface area (Å²) in [5.74, 6) is 0.893. The van der Waals surface area contributed by atoms with Crippen molar-refractivity contribution in [2.45, 2.75) is 25.0 Å². The summed E-state index contributed by atoms with van der Waals surface area (Å²) in [5, 5.41) is 1.61. The molecule has 0 N–H and O–H groups in total. The maximum absolute atomic E-state index is 13.7. The zero-order valence-corrected chi connectivity index (χ0v) is 18.5. The standard InChI is InChI=1S/C21H26N4OS2/c1-14-6-5-7-15(12-14)25-20(26)18-16-8-9-24(4)13-17(16)28-19(18)22-21(25)27-11-10-23(2)3/h5-7,12H,8-11,13H2,1-4H3. The quantitative estimate of drug-likeness (QED) is 0.473. The molecule has 3 aromatic rings. The molecule has 7 heteroatoms. The highest BCUT2D eigenvalue weighted by Crippen LogP contribution is 2.34. The van der Waals surface area contributed by atoms with Gasteiger partial charge in [0.05, 0.1) is 11.1 Å². The van der Waals surface area contributed by atoms with Crippen LogP contribution < -0.4 is 5.56 Å². The number of aryl methyl sites for hydroxylation is 1. The second-order valence-electron chi connectivity index (χ2n) is 7.70. The van der Waals surface area contributed by atoms with Crippen molar-refractivity contribution in [2.24, 2.45) is 0 Å². The summed E-state index contributed by atoms with van der Waals surface area (Å²) in [5.41, 5.74) is 3.33. The summed E-state index contributed by atoms with van der Waals surface area (Å²) in [6.07, 6.45) is 0.920. The van der Waals surface area contributed by atoms with E-state index >= 15 is 0 Å². The van der Waals surface area contributed by atoms with Crippen molar-refractivity contribution in [3.63, 3.8) is 0 Å². The van der Waals surface area contributed by atoms with Crippen molar-refractivity contribution in [1.29, 1.82) is 0 Å². The summed E-state index contributed by atoms with van der Waals surface area (Å²) in [7, 11) is 6.26. The molecule has 0 saturated carbocycles. The Hall–Kier alpha value is -1.67. The molecule has 0 fully saturated rings. The first-order valence-electron chi connectivity index (χ1n) is 9.54. The van der Waals surface area contributed by atoms with Gasteiger partial charge in [0, 0.05) is 30.3 Å². The molecule has 1 aliphatic heterocycles. The Balaban J connectivity index is 1.90. The van der Waals surface area contributed by atoms with Crippen molar-refractivity contribution in [3.8, 4) is 5.69 Å². The van der Waals surface area contributed by atoms with E-state index in [-0.39, 0.29) is 5.56 Å². The van der Waals surface area contributed by atoms with Crippen LogP contribution in [0.2, 0.25) is 0 Å². The minimum Gasteiger partial charge on any atom is -0.309 e. The maximum atomic E-state index is 13.7. The van der Waals surface area contributed by atoms with E-state index in [2.05, 4.69) is 50.0 Å². The highest BCUT2D eigenvalue weighted by molar-refractivity contribution is 7.99. The van der Waals surface area contributed by atoms with E-state index in [9.17, 15) is 4.79 Å². The first kappa shape index (κ1) is 19.6. The number of likely N-dealkylation sites (N-methyl/N-ethyl adjacent to an activating group) is 1. The fraction of sp³-hybridized carbons (Fsp3) is 0.429. The number of nitrogens with zero attached hydrogens (tertiary/aromatic N) is 4. The van der Waals surface area contributed by atoms with Gasteiger partial charge in [-0.15, -0.1) is 11.3 Å². The number of hydrogen-bond donors (Lipinski definition) is 0. The molecule has 0 atom stereocenters. The van der Waals surface area contributed by atoms with Gasteiger partial charge in [0.1, 0.15) is 4.83 Å². The largest absolute Gasteiger partial charge is 0.309 e. The van der Waals surface area contributed by atoms with Gasteiger partial charge in [-0.2, -0.15) is 0 Å². The molecule has 4 rings (SSSR count). The average molecular weight is 415 g/mol. The van der Waals surface area contributed by atoms with Gasteiger partial charge in [0.2, 0.25) is 0 Å². The number of hydrogen-bond acceptors (Lipinski definition) is 6. The predicted molar refractivity (Wildman–Crippen MR) is 119 cm³/mol. The normalized spacial score (nSPS) is 14.8. The van der Waals surface area contributed by atoms with Crippen LogP contribution in [0.25, 0.3) is 15.9 Å². The molecule has 0 aliphatic carbocycles. The number of benzene rings is 1. The van der Waals surface area contributed by atoms with Gasteiger partial charge >= 0.3 is 0 Å². The maximum Gasteiger partial charge on any atom is 0.267 e. The van der Waals surface area contributed by atoms with E-state index in [0.717, 1.165) is 58.4 Å². The summed E-state index contributed by atoms with van der Waals surface area (Å²) < 4.78 is 1.82. The molecule has 5 nitrogen and oxygen atoms in total. The third kappa shape index (κ3) is 3.76. The Morgan fingerprint density at radius 3 is 2.89 bits per heavy atom. The van der Waals surface area contributed by atoms with E-state index in [1.807, 2.05) is 16.7 Å². The van der Waals surface area contributed by atoms with Gasteiger partial charge in [0.15, 0.2) is 5.16 Å². The molecular formula is C21H26N4OS2. The van der Waals surface area contributed by atoms with Crippen LogP contribution in [0.3, 0.4) is 0 Å². The molecule has 28 heavy (non-hydrogen) atoms. The summed E-state index contributed by atoms with van der Waals surface area (Å²) >= 11 is 3.35. The Bertz CT molecular complexity index is 1070. The number of thioether (sulfide) groups is 1. The van der Waals surface area contributed by atoms with Crippen molar-refractivity contribution in [1.82, 2.24) is 19.4 Å². The third-order valence-corrected chi connectivity index (χ3v) is 7.09. The number of rotatable bonds is 5. The zero-order chi connectivity index (χ0) is 19.8. The van der Waals surface area contributed by atoms with E-state index in [4.69, 9.17) is 4.98 Å². The molecule has 0 radical (unpaired) electrons. The molecule has 0 saturated heterocycles. The highest BCUT2D eigenvalue weighted by atomic mass is 32.2. The molecule has 1 aromatic carbocycles. The minimum absolute atomic E-state index is 0.0741. The van der Waals surface area contributed by atoms with E-state index in [1.165, 1.54) is 10.4 Å². The van der Waals surface area contributed by atoms with Crippen molar-refractivity contribution in [3.05, 3.63) is 50.6 Å². The smallest absolute Gasteiger partial charge is 0.267 e. The molecule has 0 amide bonds. The lowest BCUT2D eigenvalue weighted by Crippen LogP contribution is -2.27. The second-order valence-corrected chi connectivity index (χ2v) is 9.84. The summed E-state index contributed by atoms with van der Waals surface area (Å²) in [6, 6.07) is 8.14. The Labute approximate surface area is 174 Å². The molecule has 0 spiro atoms. The van der Waals surface area contributed by atoms with Crippen molar-refractivity contribution >= 4 is 33.3 Å². The first-order valence-corrected chi connectivity index (χ1v) is 11.3. The topological polar surface area (TPSA) is 41.4 Å². The molecular weight excluding hydrogens is 388 g/mol.